The minimum atomic E-state index is -3.27. The molecular formula is C23H31N3O6S. The van der Waals surface area contributed by atoms with Crippen molar-refractivity contribution in [1.82, 2.24) is 5.32 Å². The topological polar surface area (TPSA) is 126 Å². The number of nitrogens with one attached hydrogen (secondary N) is 3. The summed E-state index contributed by atoms with van der Waals surface area (Å²) in [5.41, 5.74) is 3.17. The van der Waals surface area contributed by atoms with E-state index in [2.05, 4.69) is 15.4 Å². The van der Waals surface area contributed by atoms with E-state index in [1.54, 1.807) is 31.4 Å². The Morgan fingerprint density at radius 1 is 1.12 bits per heavy atom. The van der Waals surface area contributed by atoms with Gasteiger partial charge in [-0.1, -0.05) is 12.1 Å². The Morgan fingerprint density at radius 3 is 2.55 bits per heavy atom. The van der Waals surface area contributed by atoms with Gasteiger partial charge in [0.05, 0.1) is 19.1 Å². The van der Waals surface area contributed by atoms with E-state index in [0.29, 0.717) is 42.3 Å². The quantitative estimate of drug-likeness (QED) is 0.344. The molecule has 0 aliphatic carbocycles. The zero-order valence-electron chi connectivity index (χ0n) is 18.9. The second-order valence-electron chi connectivity index (χ2n) is 8.01. The standard InChI is InChI=1S/C23H31N3O6S/c1-31-21-11-10-20(19-9-12-22(28)25-23(19)21)32-15-18(27)14-24-13-3-4-16-5-7-17(8-6-16)26-33(2,29)30/h5-8,10-11,18,24,26-27H,3-4,9,12-15H2,1-2H3,(H,25,28). The molecule has 0 aromatic heterocycles. The molecule has 2 aromatic carbocycles. The number of aliphatic hydroxyl groups excluding tert-OH is 1. The molecule has 33 heavy (non-hydrogen) atoms. The van der Waals surface area contributed by atoms with Crippen LogP contribution in [0, 0.1) is 0 Å². The first-order valence-corrected chi connectivity index (χ1v) is 12.7. The average Bonchev–Trinajstić information content (AvgIpc) is 2.77. The van der Waals surface area contributed by atoms with Crippen LogP contribution in [0.3, 0.4) is 0 Å². The number of aliphatic hydroxyl groups is 1. The van der Waals surface area contributed by atoms with Gasteiger partial charge in [-0.25, -0.2) is 8.42 Å². The van der Waals surface area contributed by atoms with Crippen LogP contribution in [0.4, 0.5) is 11.4 Å². The van der Waals surface area contributed by atoms with E-state index in [-0.39, 0.29) is 12.5 Å². The summed E-state index contributed by atoms with van der Waals surface area (Å²) in [6, 6.07) is 10.8. The molecular weight excluding hydrogens is 446 g/mol. The number of carbonyl (C=O) groups is 1. The molecule has 2 aromatic rings. The molecule has 0 saturated carbocycles. The highest BCUT2D eigenvalue weighted by Gasteiger charge is 2.22. The second-order valence-corrected chi connectivity index (χ2v) is 9.76. The predicted molar refractivity (Wildman–Crippen MR) is 128 cm³/mol. The van der Waals surface area contributed by atoms with Crippen molar-refractivity contribution >= 4 is 27.3 Å². The number of aryl methyl sites for hydroxylation is 1. The Hall–Kier alpha value is -2.82. The van der Waals surface area contributed by atoms with Gasteiger partial charge in [0.25, 0.3) is 0 Å². The third-order valence-corrected chi connectivity index (χ3v) is 5.81. The van der Waals surface area contributed by atoms with Crippen molar-refractivity contribution in [3.05, 3.63) is 47.5 Å². The van der Waals surface area contributed by atoms with Gasteiger partial charge in [0.15, 0.2) is 0 Å². The van der Waals surface area contributed by atoms with Gasteiger partial charge < -0.3 is 25.2 Å². The number of amides is 1. The summed E-state index contributed by atoms with van der Waals surface area (Å²) in [5, 5.41) is 16.3. The third-order valence-electron chi connectivity index (χ3n) is 5.21. The van der Waals surface area contributed by atoms with Crippen molar-refractivity contribution in [2.24, 2.45) is 0 Å². The van der Waals surface area contributed by atoms with E-state index < -0.39 is 16.1 Å². The summed E-state index contributed by atoms with van der Waals surface area (Å²) in [7, 11) is -1.72. The van der Waals surface area contributed by atoms with Crippen molar-refractivity contribution in [3.8, 4) is 11.5 Å². The molecule has 0 radical (unpaired) electrons. The zero-order valence-corrected chi connectivity index (χ0v) is 19.7. The van der Waals surface area contributed by atoms with E-state index in [1.807, 2.05) is 12.1 Å². The van der Waals surface area contributed by atoms with Gasteiger partial charge >= 0.3 is 0 Å². The lowest BCUT2D eigenvalue weighted by Gasteiger charge is -2.23. The van der Waals surface area contributed by atoms with Crippen LogP contribution in [0.15, 0.2) is 36.4 Å². The van der Waals surface area contributed by atoms with Gasteiger partial charge in [0.2, 0.25) is 15.9 Å². The fraction of sp³-hybridized carbons (Fsp3) is 0.435. The molecule has 4 N–H and O–H groups in total. The second kappa shape index (κ2) is 11.4. The Balaban J connectivity index is 1.38. The van der Waals surface area contributed by atoms with E-state index in [0.717, 1.165) is 36.8 Å². The van der Waals surface area contributed by atoms with E-state index in [1.165, 1.54) is 0 Å². The molecule has 10 heteroatoms. The Labute approximate surface area is 194 Å². The summed E-state index contributed by atoms with van der Waals surface area (Å²) in [4.78, 5) is 11.7. The minimum Gasteiger partial charge on any atom is -0.495 e. The predicted octanol–water partition coefficient (Wildman–Crippen LogP) is 1.91. The van der Waals surface area contributed by atoms with Gasteiger partial charge in [0.1, 0.15) is 24.2 Å². The first-order chi connectivity index (χ1) is 15.7. The van der Waals surface area contributed by atoms with E-state index in [4.69, 9.17) is 9.47 Å². The highest BCUT2D eigenvalue weighted by Crippen LogP contribution is 2.38. The molecule has 3 rings (SSSR count). The molecule has 1 aliphatic heterocycles. The fourth-order valence-corrected chi connectivity index (χ4v) is 4.19. The average molecular weight is 478 g/mol. The molecule has 0 saturated heterocycles. The number of fused-ring (bicyclic) bond motifs is 1. The number of hydrogen-bond acceptors (Lipinski definition) is 7. The normalized spacial score (nSPS) is 14.2. The van der Waals surface area contributed by atoms with Crippen LogP contribution in [0.25, 0.3) is 0 Å². The lowest BCUT2D eigenvalue weighted by Crippen LogP contribution is -2.32. The lowest BCUT2D eigenvalue weighted by atomic mass is 10.0. The van der Waals surface area contributed by atoms with Gasteiger partial charge in [-0.3, -0.25) is 9.52 Å². The van der Waals surface area contributed by atoms with Crippen LogP contribution in [0.5, 0.6) is 11.5 Å². The molecule has 1 unspecified atom stereocenters. The van der Waals surface area contributed by atoms with Gasteiger partial charge in [-0.15, -0.1) is 0 Å². The molecule has 0 bridgehead atoms. The highest BCUT2D eigenvalue weighted by molar-refractivity contribution is 7.92. The summed E-state index contributed by atoms with van der Waals surface area (Å²) in [6.45, 7) is 1.26. The highest BCUT2D eigenvalue weighted by atomic mass is 32.2. The van der Waals surface area contributed by atoms with Gasteiger partial charge in [-0.2, -0.15) is 0 Å². The number of carbonyl (C=O) groups excluding carboxylic acids is 1. The van der Waals surface area contributed by atoms with Crippen LogP contribution < -0.4 is 24.8 Å². The summed E-state index contributed by atoms with van der Waals surface area (Å²) in [6.07, 6.45) is 3.10. The van der Waals surface area contributed by atoms with Crippen molar-refractivity contribution in [1.29, 1.82) is 0 Å². The van der Waals surface area contributed by atoms with Crippen molar-refractivity contribution in [2.75, 3.05) is 43.1 Å². The number of rotatable bonds is 12. The van der Waals surface area contributed by atoms with Crippen LogP contribution in [0.2, 0.25) is 0 Å². The lowest BCUT2D eigenvalue weighted by molar-refractivity contribution is -0.116. The molecule has 1 heterocycles. The number of anilines is 2. The van der Waals surface area contributed by atoms with Crippen molar-refractivity contribution < 1.29 is 27.8 Å². The Morgan fingerprint density at radius 2 is 1.85 bits per heavy atom. The largest absolute Gasteiger partial charge is 0.495 e. The summed E-state index contributed by atoms with van der Waals surface area (Å²) < 4.78 is 36.1. The number of benzene rings is 2. The first kappa shape index (κ1) is 24.8. The van der Waals surface area contributed by atoms with Crippen LogP contribution >= 0.6 is 0 Å². The Bertz CT molecular complexity index is 1060. The fourth-order valence-electron chi connectivity index (χ4n) is 3.62. The summed E-state index contributed by atoms with van der Waals surface area (Å²) in [5.74, 6) is 1.18. The Kier molecular flexibility index (Phi) is 8.54. The molecule has 180 valence electrons. The maximum atomic E-state index is 11.7. The van der Waals surface area contributed by atoms with E-state index >= 15 is 0 Å². The SMILES string of the molecule is COc1ccc(OCC(O)CNCCCc2ccc(NS(C)(=O)=O)cc2)c2c1NC(=O)CC2. The monoisotopic (exact) mass is 477 g/mol. The zero-order chi connectivity index (χ0) is 23.8. The number of methoxy groups -OCH3 is 1. The van der Waals surface area contributed by atoms with Crippen LogP contribution in [-0.4, -0.2) is 58.6 Å². The maximum absolute atomic E-state index is 11.7. The molecule has 0 spiro atoms. The first-order valence-electron chi connectivity index (χ1n) is 10.8. The van der Waals surface area contributed by atoms with Crippen LogP contribution in [0.1, 0.15) is 24.0 Å². The van der Waals surface area contributed by atoms with Gasteiger partial charge in [0, 0.05) is 24.2 Å². The molecule has 1 amide bonds. The summed E-state index contributed by atoms with van der Waals surface area (Å²) >= 11 is 0. The van der Waals surface area contributed by atoms with E-state index in [9.17, 15) is 18.3 Å². The number of hydrogen-bond donors (Lipinski definition) is 4. The maximum Gasteiger partial charge on any atom is 0.229 e. The minimum absolute atomic E-state index is 0.0521. The molecule has 1 aliphatic rings. The number of ether oxygens (including phenoxy) is 2. The molecule has 9 nitrogen and oxygen atoms in total. The van der Waals surface area contributed by atoms with Crippen molar-refractivity contribution in [2.45, 2.75) is 31.8 Å². The third kappa shape index (κ3) is 7.62. The van der Waals surface area contributed by atoms with Crippen molar-refractivity contribution in [3.63, 3.8) is 0 Å². The number of sulfonamides is 1. The molecule has 0 fully saturated rings. The van der Waals surface area contributed by atoms with Gasteiger partial charge in [-0.05, 0) is 55.6 Å². The smallest absolute Gasteiger partial charge is 0.229 e. The molecule has 1 atom stereocenters. The van der Waals surface area contributed by atoms with Crippen LogP contribution in [-0.2, 0) is 27.7 Å².